The Morgan fingerprint density at radius 3 is 3.10 bits per heavy atom. The molecule has 1 saturated heterocycles. The van der Waals surface area contributed by atoms with Crippen molar-refractivity contribution in [3.05, 3.63) is 17.6 Å². The van der Waals surface area contributed by atoms with Crippen LogP contribution in [0.2, 0.25) is 0 Å². The van der Waals surface area contributed by atoms with Crippen molar-refractivity contribution in [3.63, 3.8) is 0 Å². The van der Waals surface area contributed by atoms with Crippen LogP contribution in [0.25, 0.3) is 0 Å². The summed E-state index contributed by atoms with van der Waals surface area (Å²) in [4.78, 5) is 11.2. The van der Waals surface area contributed by atoms with E-state index in [1.807, 2.05) is 13.1 Å². The van der Waals surface area contributed by atoms with Gasteiger partial charge in [-0.05, 0) is 38.6 Å². The molecule has 2 N–H and O–H groups in total. The summed E-state index contributed by atoms with van der Waals surface area (Å²) in [6.45, 7) is 8.30. The number of aryl methyl sites for hydroxylation is 2. The number of hydrogen-bond donors (Lipinski definition) is 2. The fourth-order valence-corrected chi connectivity index (χ4v) is 3.00. The largest absolute Gasteiger partial charge is 0.395 e. The number of aliphatic hydroxyl groups is 1. The molecular formula is C16H28N4O. The average Bonchev–Trinajstić information content (AvgIpc) is 2.48. The summed E-state index contributed by atoms with van der Waals surface area (Å²) in [7, 11) is 0. The first kappa shape index (κ1) is 16.2. The fourth-order valence-electron chi connectivity index (χ4n) is 3.00. The first-order valence-electron chi connectivity index (χ1n) is 8.12. The van der Waals surface area contributed by atoms with Crippen LogP contribution in [0.4, 0.5) is 5.82 Å². The van der Waals surface area contributed by atoms with Gasteiger partial charge < -0.3 is 15.3 Å². The SMILES string of the molecule is CCCc1cnc(C)nc1NCC1CCCN(CCO)C1. The lowest BCUT2D eigenvalue weighted by Gasteiger charge is -2.32. The normalized spacial score (nSPS) is 19.7. The number of anilines is 1. The average molecular weight is 292 g/mol. The van der Waals surface area contributed by atoms with E-state index in [1.165, 1.54) is 18.4 Å². The van der Waals surface area contributed by atoms with Crippen molar-refractivity contribution in [2.75, 3.05) is 38.1 Å². The molecule has 0 saturated carbocycles. The van der Waals surface area contributed by atoms with Gasteiger partial charge >= 0.3 is 0 Å². The van der Waals surface area contributed by atoms with Crippen LogP contribution >= 0.6 is 0 Å². The molecule has 2 heterocycles. The highest BCUT2D eigenvalue weighted by atomic mass is 16.3. The summed E-state index contributed by atoms with van der Waals surface area (Å²) in [5.41, 5.74) is 1.21. The second-order valence-electron chi connectivity index (χ2n) is 5.95. The third-order valence-corrected chi connectivity index (χ3v) is 4.08. The lowest BCUT2D eigenvalue weighted by atomic mass is 9.98. The molecule has 1 aliphatic heterocycles. The highest BCUT2D eigenvalue weighted by molar-refractivity contribution is 5.43. The molecule has 0 aliphatic carbocycles. The van der Waals surface area contributed by atoms with E-state index in [1.54, 1.807) is 0 Å². The van der Waals surface area contributed by atoms with Gasteiger partial charge in [0.15, 0.2) is 0 Å². The van der Waals surface area contributed by atoms with Gasteiger partial charge in [-0.1, -0.05) is 13.3 Å². The lowest BCUT2D eigenvalue weighted by molar-refractivity contribution is 0.144. The van der Waals surface area contributed by atoms with Gasteiger partial charge in [-0.2, -0.15) is 0 Å². The molecule has 5 heteroatoms. The van der Waals surface area contributed by atoms with Crippen LogP contribution in [0.1, 0.15) is 37.6 Å². The Labute approximate surface area is 127 Å². The number of likely N-dealkylation sites (tertiary alicyclic amines) is 1. The number of aromatic nitrogens is 2. The minimum absolute atomic E-state index is 0.256. The molecule has 118 valence electrons. The Bertz CT molecular complexity index is 436. The predicted molar refractivity (Wildman–Crippen MR) is 85.5 cm³/mol. The van der Waals surface area contributed by atoms with Crippen molar-refractivity contribution in [1.29, 1.82) is 0 Å². The van der Waals surface area contributed by atoms with E-state index in [2.05, 4.69) is 27.1 Å². The number of aliphatic hydroxyl groups excluding tert-OH is 1. The summed E-state index contributed by atoms with van der Waals surface area (Å²) < 4.78 is 0. The molecule has 1 atom stereocenters. The smallest absolute Gasteiger partial charge is 0.132 e. The predicted octanol–water partition coefficient (Wildman–Crippen LogP) is 1.85. The summed E-state index contributed by atoms with van der Waals surface area (Å²) in [5.74, 6) is 2.46. The Balaban J connectivity index is 1.91. The molecule has 0 bridgehead atoms. The van der Waals surface area contributed by atoms with E-state index in [9.17, 15) is 0 Å². The van der Waals surface area contributed by atoms with Gasteiger partial charge in [0.05, 0.1) is 6.61 Å². The van der Waals surface area contributed by atoms with Gasteiger partial charge in [-0.25, -0.2) is 9.97 Å². The minimum Gasteiger partial charge on any atom is -0.395 e. The Morgan fingerprint density at radius 2 is 2.33 bits per heavy atom. The Morgan fingerprint density at radius 1 is 1.48 bits per heavy atom. The number of β-amino-alcohol motifs (C(OH)–C–C–N with tert-alkyl or cyclic N) is 1. The van der Waals surface area contributed by atoms with E-state index >= 15 is 0 Å². The second kappa shape index (κ2) is 8.29. The third-order valence-electron chi connectivity index (χ3n) is 4.08. The van der Waals surface area contributed by atoms with E-state index < -0.39 is 0 Å². The van der Waals surface area contributed by atoms with Crippen molar-refractivity contribution < 1.29 is 5.11 Å². The van der Waals surface area contributed by atoms with Crippen LogP contribution in [0.5, 0.6) is 0 Å². The molecule has 0 amide bonds. The van der Waals surface area contributed by atoms with Gasteiger partial charge in [0, 0.05) is 31.4 Å². The quantitative estimate of drug-likeness (QED) is 0.803. The van der Waals surface area contributed by atoms with Crippen LogP contribution in [0.15, 0.2) is 6.20 Å². The van der Waals surface area contributed by atoms with E-state index in [0.717, 1.165) is 50.7 Å². The standard InChI is InChI=1S/C16H28N4O/c1-3-5-15-11-17-13(2)19-16(15)18-10-14-6-4-7-20(12-14)8-9-21/h11,14,21H,3-10,12H2,1-2H3,(H,17,18,19). The van der Waals surface area contributed by atoms with Gasteiger partial charge in [-0.15, -0.1) is 0 Å². The monoisotopic (exact) mass is 292 g/mol. The van der Waals surface area contributed by atoms with Crippen LogP contribution in [-0.4, -0.2) is 52.8 Å². The molecule has 0 radical (unpaired) electrons. The number of piperidine rings is 1. The van der Waals surface area contributed by atoms with Crippen LogP contribution < -0.4 is 5.32 Å². The molecule has 1 aliphatic rings. The number of nitrogens with one attached hydrogen (secondary N) is 1. The number of rotatable bonds is 7. The highest BCUT2D eigenvalue weighted by Gasteiger charge is 2.19. The zero-order valence-corrected chi connectivity index (χ0v) is 13.3. The van der Waals surface area contributed by atoms with E-state index in [0.29, 0.717) is 5.92 Å². The van der Waals surface area contributed by atoms with E-state index in [-0.39, 0.29) is 6.61 Å². The maximum Gasteiger partial charge on any atom is 0.132 e. The summed E-state index contributed by atoms with van der Waals surface area (Å²) >= 11 is 0. The van der Waals surface area contributed by atoms with Gasteiger partial charge in [-0.3, -0.25) is 0 Å². The summed E-state index contributed by atoms with van der Waals surface area (Å²) in [6.07, 6.45) is 6.55. The van der Waals surface area contributed by atoms with Crippen LogP contribution in [0, 0.1) is 12.8 Å². The zero-order chi connectivity index (χ0) is 15.1. The molecule has 1 aromatic heterocycles. The fraction of sp³-hybridized carbons (Fsp3) is 0.750. The highest BCUT2D eigenvalue weighted by Crippen LogP contribution is 2.19. The maximum atomic E-state index is 9.06. The first-order valence-corrected chi connectivity index (χ1v) is 8.12. The molecule has 0 aromatic carbocycles. The zero-order valence-electron chi connectivity index (χ0n) is 13.3. The molecule has 1 fully saturated rings. The number of hydrogen-bond acceptors (Lipinski definition) is 5. The van der Waals surface area contributed by atoms with Crippen molar-refractivity contribution in [1.82, 2.24) is 14.9 Å². The van der Waals surface area contributed by atoms with Gasteiger partial charge in [0.1, 0.15) is 11.6 Å². The second-order valence-corrected chi connectivity index (χ2v) is 5.95. The van der Waals surface area contributed by atoms with Crippen molar-refractivity contribution in [2.45, 2.75) is 39.5 Å². The molecule has 5 nitrogen and oxygen atoms in total. The topological polar surface area (TPSA) is 61.3 Å². The van der Waals surface area contributed by atoms with Crippen LogP contribution in [-0.2, 0) is 6.42 Å². The molecule has 21 heavy (non-hydrogen) atoms. The molecular weight excluding hydrogens is 264 g/mol. The molecule has 2 rings (SSSR count). The van der Waals surface area contributed by atoms with Crippen LogP contribution in [0.3, 0.4) is 0 Å². The molecule has 0 spiro atoms. The van der Waals surface area contributed by atoms with Gasteiger partial charge in [0.2, 0.25) is 0 Å². The molecule has 1 aromatic rings. The van der Waals surface area contributed by atoms with Gasteiger partial charge in [0.25, 0.3) is 0 Å². The lowest BCUT2D eigenvalue weighted by Crippen LogP contribution is -2.39. The molecule has 1 unspecified atom stereocenters. The Hall–Kier alpha value is -1.20. The Kier molecular flexibility index (Phi) is 6.39. The summed E-state index contributed by atoms with van der Waals surface area (Å²) in [6, 6.07) is 0. The maximum absolute atomic E-state index is 9.06. The van der Waals surface area contributed by atoms with Crippen molar-refractivity contribution in [2.24, 2.45) is 5.92 Å². The first-order chi connectivity index (χ1) is 10.2. The van der Waals surface area contributed by atoms with Crippen molar-refractivity contribution >= 4 is 5.82 Å². The third kappa shape index (κ3) is 4.93. The summed E-state index contributed by atoms with van der Waals surface area (Å²) in [5, 5.41) is 12.6. The van der Waals surface area contributed by atoms with E-state index in [4.69, 9.17) is 5.11 Å². The number of nitrogens with zero attached hydrogens (tertiary/aromatic N) is 3. The minimum atomic E-state index is 0.256. The van der Waals surface area contributed by atoms with Crippen molar-refractivity contribution in [3.8, 4) is 0 Å².